The molecule has 0 aliphatic carbocycles. The number of nitrogens with zero attached hydrogens (tertiary/aromatic N) is 2. The molecule has 2 aromatic rings. The molecule has 0 bridgehead atoms. The van der Waals surface area contributed by atoms with Crippen LogP contribution in [0.5, 0.6) is 0 Å². The van der Waals surface area contributed by atoms with E-state index in [1.807, 2.05) is 30.3 Å². The minimum absolute atomic E-state index is 0.0370. The average Bonchev–Trinajstić information content (AvgIpc) is 2.93. The second-order valence-electron chi connectivity index (χ2n) is 4.97. The van der Waals surface area contributed by atoms with Crippen molar-refractivity contribution in [3.05, 3.63) is 66.0 Å². The number of likely N-dealkylation sites (N-methyl/N-ethyl adjacent to an activating group) is 1. The van der Waals surface area contributed by atoms with Crippen LogP contribution in [0.4, 0.5) is 0 Å². The van der Waals surface area contributed by atoms with Crippen LogP contribution in [0.25, 0.3) is 6.08 Å². The second-order valence-corrected chi connectivity index (χ2v) is 4.97. The Kier molecular flexibility index (Phi) is 5.14. The van der Waals surface area contributed by atoms with Crippen molar-refractivity contribution in [2.75, 3.05) is 7.05 Å². The Bertz CT molecular complexity index is 674. The third-order valence-electron chi connectivity index (χ3n) is 3.26. The molecule has 5 heteroatoms. The summed E-state index contributed by atoms with van der Waals surface area (Å²) in [5.41, 5.74) is 1.75. The number of carbonyl (C=O) groups is 2. The molecule has 1 amide bonds. The molecule has 1 heterocycles. The van der Waals surface area contributed by atoms with E-state index in [1.165, 1.54) is 6.08 Å². The van der Waals surface area contributed by atoms with E-state index in [-0.39, 0.29) is 12.5 Å². The van der Waals surface area contributed by atoms with Crippen LogP contribution in [0, 0.1) is 0 Å². The van der Waals surface area contributed by atoms with Crippen LogP contribution in [0.2, 0.25) is 0 Å². The van der Waals surface area contributed by atoms with E-state index in [9.17, 15) is 9.59 Å². The standard InChI is InChI=1S/C17H18N2O3/c1-18(12-14-6-3-2-4-7-14)16(20)13-19-11-5-8-15(19)9-10-17(21)22/h2-11H,12-13H2,1H3,(H,21,22)/b10-9+. The molecule has 1 aromatic heterocycles. The largest absolute Gasteiger partial charge is 0.478 e. The summed E-state index contributed by atoms with van der Waals surface area (Å²) in [6.07, 6.45) is 4.30. The molecule has 0 aliphatic heterocycles. The Labute approximate surface area is 129 Å². The van der Waals surface area contributed by atoms with Crippen LogP contribution in [0.3, 0.4) is 0 Å². The summed E-state index contributed by atoms with van der Waals surface area (Å²) in [6.45, 7) is 0.719. The molecule has 5 nitrogen and oxygen atoms in total. The smallest absolute Gasteiger partial charge is 0.328 e. The number of amides is 1. The fourth-order valence-electron chi connectivity index (χ4n) is 2.09. The van der Waals surface area contributed by atoms with E-state index >= 15 is 0 Å². The maximum Gasteiger partial charge on any atom is 0.328 e. The van der Waals surface area contributed by atoms with Gasteiger partial charge in [0.2, 0.25) is 5.91 Å². The molecular weight excluding hydrogens is 280 g/mol. The van der Waals surface area contributed by atoms with E-state index in [0.29, 0.717) is 12.2 Å². The van der Waals surface area contributed by atoms with Gasteiger partial charge in [-0.25, -0.2) is 4.79 Å². The molecule has 0 saturated carbocycles. The summed E-state index contributed by atoms with van der Waals surface area (Å²) >= 11 is 0. The van der Waals surface area contributed by atoms with E-state index in [4.69, 9.17) is 5.11 Å². The summed E-state index contributed by atoms with van der Waals surface area (Å²) in [5.74, 6) is -1.05. The van der Waals surface area contributed by atoms with Crippen molar-refractivity contribution in [2.24, 2.45) is 0 Å². The third-order valence-corrected chi connectivity index (χ3v) is 3.26. The summed E-state index contributed by atoms with van der Waals surface area (Å²) in [4.78, 5) is 24.5. The van der Waals surface area contributed by atoms with Gasteiger partial charge < -0.3 is 14.6 Å². The Hall–Kier alpha value is -2.82. The van der Waals surface area contributed by atoms with Gasteiger partial charge in [0.15, 0.2) is 0 Å². The molecule has 0 spiro atoms. The lowest BCUT2D eigenvalue weighted by molar-refractivity contribution is -0.132. The highest BCUT2D eigenvalue weighted by molar-refractivity contribution is 5.85. The number of carboxylic acids is 1. The van der Waals surface area contributed by atoms with Crippen molar-refractivity contribution in [3.8, 4) is 0 Å². The lowest BCUT2D eigenvalue weighted by Gasteiger charge is -2.18. The SMILES string of the molecule is CN(Cc1ccccc1)C(=O)Cn1cccc1/C=C/C(=O)O. The van der Waals surface area contributed by atoms with Crippen molar-refractivity contribution in [3.63, 3.8) is 0 Å². The highest BCUT2D eigenvalue weighted by atomic mass is 16.4. The normalized spacial score (nSPS) is 10.8. The number of aromatic nitrogens is 1. The van der Waals surface area contributed by atoms with E-state index in [1.54, 1.807) is 34.8 Å². The zero-order chi connectivity index (χ0) is 15.9. The molecule has 22 heavy (non-hydrogen) atoms. The molecule has 0 saturated heterocycles. The zero-order valence-electron chi connectivity index (χ0n) is 12.3. The first-order valence-electron chi connectivity index (χ1n) is 6.90. The molecule has 2 rings (SSSR count). The first kappa shape index (κ1) is 15.6. The van der Waals surface area contributed by atoms with Crippen LogP contribution in [-0.4, -0.2) is 33.5 Å². The highest BCUT2D eigenvalue weighted by Gasteiger charge is 2.11. The van der Waals surface area contributed by atoms with Gasteiger partial charge in [0.25, 0.3) is 0 Å². The van der Waals surface area contributed by atoms with Gasteiger partial charge in [-0.1, -0.05) is 30.3 Å². The maximum absolute atomic E-state index is 12.3. The minimum atomic E-state index is -1.01. The molecule has 0 atom stereocenters. The van der Waals surface area contributed by atoms with E-state index < -0.39 is 5.97 Å². The maximum atomic E-state index is 12.3. The highest BCUT2D eigenvalue weighted by Crippen LogP contribution is 2.08. The Morgan fingerprint density at radius 3 is 2.59 bits per heavy atom. The first-order chi connectivity index (χ1) is 10.6. The summed E-state index contributed by atoms with van der Waals surface area (Å²) in [5, 5.41) is 8.67. The number of aliphatic carboxylic acids is 1. The monoisotopic (exact) mass is 298 g/mol. The third kappa shape index (κ3) is 4.34. The molecule has 0 unspecified atom stereocenters. The molecule has 114 valence electrons. The number of hydrogen-bond donors (Lipinski definition) is 1. The molecule has 1 aromatic carbocycles. The van der Waals surface area contributed by atoms with Crippen molar-refractivity contribution < 1.29 is 14.7 Å². The van der Waals surface area contributed by atoms with Crippen molar-refractivity contribution in [1.29, 1.82) is 0 Å². The topological polar surface area (TPSA) is 62.5 Å². The van der Waals surface area contributed by atoms with E-state index in [2.05, 4.69) is 0 Å². The van der Waals surface area contributed by atoms with Gasteiger partial charge in [0.1, 0.15) is 6.54 Å². The van der Waals surface area contributed by atoms with Crippen molar-refractivity contribution in [2.45, 2.75) is 13.1 Å². The molecule has 0 fully saturated rings. The zero-order valence-corrected chi connectivity index (χ0v) is 12.3. The average molecular weight is 298 g/mol. The van der Waals surface area contributed by atoms with Crippen LogP contribution >= 0.6 is 0 Å². The lowest BCUT2D eigenvalue weighted by atomic mass is 10.2. The molecule has 1 N–H and O–H groups in total. The molecule has 0 aliphatic rings. The summed E-state index contributed by atoms with van der Waals surface area (Å²) in [7, 11) is 1.76. The quantitative estimate of drug-likeness (QED) is 0.832. The van der Waals surface area contributed by atoms with Gasteiger partial charge >= 0.3 is 5.97 Å². The second kappa shape index (κ2) is 7.26. The number of carbonyl (C=O) groups excluding carboxylic acids is 1. The van der Waals surface area contributed by atoms with Gasteiger partial charge in [-0.3, -0.25) is 4.79 Å². The number of carboxylic acid groups (broad SMARTS) is 1. The predicted molar refractivity (Wildman–Crippen MR) is 84.0 cm³/mol. The fourth-order valence-corrected chi connectivity index (χ4v) is 2.09. The van der Waals surface area contributed by atoms with Gasteiger partial charge in [0, 0.05) is 31.6 Å². The fraction of sp³-hybridized carbons (Fsp3) is 0.176. The van der Waals surface area contributed by atoms with Crippen LogP contribution in [0.1, 0.15) is 11.3 Å². The molecular formula is C17H18N2O3. The van der Waals surface area contributed by atoms with Crippen molar-refractivity contribution in [1.82, 2.24) is 9.47 Å². The van der Waals surface area contributed by atoms with Crippen LogP contribution < -0.4 is 0 Å². The van der Waals surface area contributed by atoms with Crippen molar-refractivity contribution >= 4 is 18.0 Å². The number of rotatable bonds is 6. The van der Waals surface area contributed by atoms with Gasteiger partial charge in [0.05, 0.1) is 0 Å². The Morgan fingerprint density at radius 1 is 1.18 bits per heavy atom. The van der Waals surface area contributed by atoms with Gasteiger partial charge in [-0.05, 0) is 23.8 Å². The predicted octanol–water partition coefficient (Wildman–Crippen LogP) is 2.24. The summed E-state index contributed by atoms with van der Waals surface area (Å²) in [6, 6.07) is 13.3. The number of hydrogen-bond acceptors (Lipinski definition) is 2. The Balaban J connectivity index is 2.00. The van der Waals surface area contributed by atoms with Crippen LogP contribution in [-0.2, 0) is 22.7 Å². The van der Waals surface area contributed by atoms with Gasteiger partial charge in [-0.15, -0.1) is 0 Å². The first-order valence-corrected chi connectivity index (χ1v) is 6.90. The minimum Gasteiger partial charge on any atom is -0.478 e. The van der Waals surface area contributed by atoms with Gasteiger partial charge in [-0.2, -0.15) is 0 Å². The lowest BCUT2D eigenvalue weighted by Crippen LogP contribution is -2.29. The van der Waals surface area contributed by atoms with E-state index in [0.717, 1.165) is 11.6 Å². The Morgan fingerprint density at radius 2 is 1.91 bits per heavy atom. The molecule has 0 radical (unpaired) electrons. The number of benzene rings is 1. The van der Waals surface area contributed by atoms with Crippen LogP contribution in [0.15, 0.2) is 54.7 Å². The summed E-state index contributed by atoms with van der Waals surface area (Å²) < 4.78 is 1.73.